The average Bonchev–Trinajstić information content (AvgIpc) is 3.35. The number of aryl methyl sites for hydroxylation is 2. The van der Waals surface area contributed by atoms with Crippen molar-refractivity contribution in [3.05, 3.63) is 56.7 Å². The topological polar surface area (TPSA) is 64.0 Å². The fourth-order valence-electron chi connectivity index (χ4n) is 4.11. The molecule has 1 atom stereocenters. The fraction of sp³-hybridized carbons (Fsp3) is 0.435. The summed E-state index contributed by atoms with van der Waals surface area (Å²) in [4.78, 5) is 32.7. The van der Waals surface area contributed by atoms with Crippen molar-refractivity contribution in [2.24, 2.45) is 0 Å². The molecule has 0 spiro atoms. The van der Waals surface area contributed by atoms with Gasteiger partial charge in [-0.3, -0.25) is 14.2 Å². The first kappa shape index (κ1) is 21.1. The van der Waals surface area contributed by atoms with Crippen LogP contribution in [0.2, 0.25) is 0 Å². The molecule has 1 fully saturated rings. The van der Waals surface area contributed by atoms with Crippen molar-refractivity contribution < 1.29 is 4.79 Å². The zero-order chi connectivity index (χ0) is 21.3. The largest absolute Gasteiger partial charge is 0.349 e. The van der Waals surface area contributed by atoms with E-state index in [0.717, 1.165) is 51.9 Å². The van der Waals surface area contributed by atoms with Crippen LogP contribution in [0.1, 0.15) is 60.7 Å². The third kappa shape index (κ3) is 4.18. The number of benzene rings is 1. The van der Waals surface area contributed by atoms with Gasteiger partial charge in [-0.2, -0.15) is 0 Å². The lowest BCUT2D eigenvalue weighted by Crippen LogP contribution is -2.30. The third-order valence-corrected chi connectivity index (χ3v) is 7.96. The van der Waals surface area contributed by atoms with Crippen LogP contribution in [0.3, 0.4) is 0 Å². The minimum absolute atomic E-state index is 0.0503. The highest BCUT2D eigenvalue weighted by molar-refractivity contribution is 7.99. The molecule has 0 saturated heterocycles. The Morgan fingerprint density at radius 3 is 2.67 bits per heavy atom. The van der Waals surface area contributed by atoms with Gasteiger partial charge in [0.2, 0.25) is 5.91 Å². The molecule has 0 radical (unpaired) electrons. The van der Waals surface area contributed by atoms with Crippen LogP contribution in [0, 0.1) is 13.8 Å². The Kier molecular flexibility index (Phi) is 6.29. The van der Waals surface area contributed by atoms with E-state index >= 15 is 0 Å². The molecule has 1 aliphatic carbocycles. The number of nitrogens with zero attached hydrogens (tertiary/aromatic N) is 2. The van der Waals surface area contributed by atoms with E-state index in [1.807, 2.05) is 55.7 Å². The van der Waals surface area contributed by atoms with Gasteiger partial charge in [-0.15, -0.1) is 11.3 Å². The summed E-state index contributed by atoms with van der Waals surface area (Å²) in [6, 6.07) is 10.0. The van der Waals surface area contributed by atoms with Gasteiger partial charge < -0.3 is 5.32 Å². The average molecular weight is 442 g/mol. The van der Waals surface area contributed by atoms with Gasteiger partial charge in [-0.1, -0.05) is 54.9 Å². The molecule has 0 aliphatic heterocycles. The van der Waals surface area contributed by atoms with Crippen molar-refractivity contribution >= 4 is 39.2 Å². The number of carbonyl (C=O) groups is 1. The second-order valence-electron chi connectivity index (χ2n) is 7.96. The van der Waals surface area contributed by atoms with Crippen LogP contribution in [0.4, 0.5) is 0 Å². The Hall–Kier alpha value is -2.12. The van der Waals surface area contributed by atoms with Gasteiger partial charge in [0.05, 0.1) is 17.2 Å². The van der Waals surface area contributed by atoms with E-state index < -0.39 is 0 Å². The third-order valence-electron chi connectivity index (χ3n) is 5.90. The van der Waals surface area contributed by atoms with Crippen LogP contribution in [0.5, 0.6) is 0 Å². The minimum atomic E-state index is -0.0608. The monoisotopic (exact) mass is 441 g/mol. The van der Waals surface area contributed by atoms with E-state index in [4.69, 9.17) is 4.98 Å². The molecular formula is C23H27N3O2S2. The van der Waals surface area contributed by atoms with Crippen LogP contribution >= 0.6 is 23.1 Å². The Morgan fingerprint density at radius 1 is 1.27 bits per heavy atom. The molecule has 5 nitrogen and oxygen atoms in total. The molecule has 30 heavy (non-hydrogen) atoms. The molecule has 0 bridgehead atoms. The van der Waals surface area contributed by atoms with Gasteiger partial charge in [0.1, 0.15) is 4.83 Å². The second-order valence-corrected chi connectivity index (χ2v) is 10.1. The predicted molar refractivity (Wildman–Crippen MR) is 125 cm³/mol. The number of hydrogen-bond acceptors (Lipinski definition) is 5. The maximum atomic E-state index is 13.4. The number of fused-ring (bicyclic) bond motifs is 1. The normalized spacial score (nSPS) is 15.6. The van der Waals surface area contributed by atoms with Crippen LogP contribution in [-0.2, 0) is 4.79 Å². The minimum Gasteiger partial charge on any atom is -0.349 e. The first-order valence-electron chi connectivity index (χ1n) is 10.4. The van der Waals surface area contributed by atoms with Gasteiger partial charge in [0.25, 0.3) is 5.56 Å². The molecule has 1 aromatic carbocycles. The number of thiophene rings is 1. The van der Waals surface area contributed by atoms with Crippen molar-refractivity contribution in [1.29, 1.82) is 0 Å². The molecule has 158 valence electrons. The number of thioether (sulfide) groups is 1. The summed E-state index contributed by atoms with van der Waals surface area (Å²) in [5.74, 6) is 0.188. The zero-order valence-electron chi connectivity index (χ0n) is 17.6. The van der Waals surface area contributed by atoms with Gasteiger partial charge >= 0.3 is 0 Å². The highest BCUT2D eigenvalue weighted by atomic mass is 32.2. The number of aromatic nitrogens is 2. The maximum absolute atomic E-state index is 13.4. The molecule has 3 aromatic rings. The Morgan fingerprint density at radius 2 is 1.97 bits per heavy atom. The molecule has 7 heteroatoms. The lowest BCUT2D eigenvalue weighted by Gasteiger charge is -2.18. The standard InChI is InChI=1S/C23H27N3O2S2/c1-14-16(3)30-21-20(14)22(28)26(18-11-7-8-12-18)23(25-21)29-13-19(27)24-15(2)17-9-5-4-6-10-17/h4-6,9-10,15,18H,7-8,11-13H2,1-3H3,(H,24,27). The molecular weight excluding hydrogens is 414 g/mol. The molecule has 4 rings (SSSR count). The van der Waals surface area contributed by atoms with Crippen molar-refractivity contribution in [3.63, 3.8) is 0 Å². The summed E-state index contributed by atoms with van der Waals surface area (Å²) in [7, 11) is 0. The van der Waals surface area contributed by atoms with E-state index in [0.29, 0.717) is 5.16 Å². The number of carbonyl (C=O) groups excluding carboxylic acids is 1. The van der Waals surface area contributed by atoms with E-state index in [-0.39, 0.29) is 29.3 Å². The number of rotatable bonds is 6. The molecule has 2 heterocycles. The maximum Gasteiger partial charge on any atom is 0.263 e. The molecule has 1 amide bonds. The van der Waals surface area contributed by atoms with Crippen molar-refractivity contribution in [2.45, 2.75) is 63.7 Å². The summed E-state index contributed by atoms with van der Waals surface area (Å²) < 4.78 is 1.87. The Labute approximate surface area is 184 Å². The summed E-state index contributed by atoms with van der Waals surface area (Å²) in [6.45, 7) is 6.02. The van der Waals surface area contributed by atoms with Crippen LogP contribution in [-0.4, -0.2) is 21.2 Å². The summed E-state index contributed by atoms with van der Waals surface area (Å²) in [5.41, 5.74) is 2.15. The lowest BCUT2D eigenvalue weighted by molar-refractivity contribution is -0.119. The Bertz CT molecular complexity index is 1110. The van der Waals surface area contributed by atoms with Crippen molar-refractivity contribution in [3.8, 4) is 0 Å². The van der Waals surface area contributed by atoms with Crippen LogP contribution in [0.15, 0.2) is 40.3 Å². The number of nitrogens with one attached hydrogen (secondary N) is 1. The van der Waals surface area contributed by atoms with Gasteiger partial charge in [-0.25, -0.2) is 4.98 Å². The highest BCUT2D eigenvalue weighted by Crippen LogP contribution is 2.34. The summed E-state index contributed by atoms with van der Waals surface area (Å²) in [6.07, 6.45) is 4.27. The second kappa shape index (κ2) is 8.94. The number of hydrogen-bond donors (Lipinski definition) is 1. The van der Waals surface area contributed by atoms with Crippen LogP contribution in [0.25, 0.3) is 10.2 Å². The van der Waals surface area contributed by atoms with E-state index in [9.17, 15) is 9.59 Å². The van der Waals surface area contributed by atoms with Gasteiger partial charge in [0, 0.05) is 10.9 Å². The molecule has 1 unspecified atom stereocenters. The molecule has 1 saturated carbocycles. The zero-order valence-corrected chi connectivity index (χ0v) is 19.2. The predicted octanol–water partition coefficient (Wildman–Crippen LogP) is 5.16. The first-order chi connectivity index (χ1) is 14.5. The van der Waals surface area contributed by atoms with Gasteiger partial charge in [0.15, 0.2) is 5.16 Å². The van der Waals surface area contributed by atoms with Crippen LogP contribution < -0.4 is 10.9 Å². The van der Waals surface area contributed by atoms with E-state index in [1.165, 1.54) is 11.8 Å². The fourth-order valence-corrected chi connectivity index (χ4v) is 6.06. The SMILES string of the molecule is Cc1sc2nc(SCC(=O)NC(C)c3ccccc3)n(C3CCCC3)c(=O)c2c1C. The Balaban J connectivity index is 1.58. The van der Waals surface area contributed by atoms with Crippen molar-refractivity contribution in [2.75, 3.05) is 5.75 Å². The molecule has 1 N–H and O–H groups in total. The quantitative estimate of drug-likeness (QED) is 0.424. The van der Waals surface area contributed by atoms with E-state index in [2.05, 4.69) is 5.32 Å². The summed E-state index contributed by atoms with van der Waals surface area (Å²) >= 11 is 2.93. The number of amides is 1. The van der Waals surface area contributed by atoms with E-state index in [1.54, 1.807) is 11.3 Å². The van der Waals surface area contributed by atoms with Crippen molar-refractivity contribution in [1.82, 2.24) is 14.9 Å². The molecule has 1 aliphatic rings. The summed E-state index contributed by atoms with van der Waals surface area (Å²) in [5, 5.41) is 4.46. The lowest BCUT2D eigenvalue weighted by atomic mass is 10.1. The van der Waals surface area contributed by atoms with Gasteiger partial charge in [-0.05, 0) is 44.7 Å². The first-order valence-corrected chi connectivity index (χ1v) is 12.2. The molecule has 2 aromatic heterocycles. The highest BCUT2D eigenvalue weighted by Gasteiger charge is 2.25. The smallest absolute Gasteiger partial charge is 0.263 e.